The highest BCUT2D eigenvalue weighted by atomic mass is 79.9. The van der Waals surface area contributed by atoms with E-state index < -0.39 is 0 Å². The molecule has 0 aromatic carbocycles. The Hall–Kier alpha value is -0.280. The van der Waals surface area contributed by atoms with Crippen molar-refractivity contribution in [2.24, 2.45) is 0 Å². The fourth-order valence-corrected chi connectivity index (χ4v) is 1.35. The number of hydrogen-bond donors (Lipinski definition) is 1. The molecule has 0 atom stereocenters. The molecular weight excluding hydrogens is 215 g/mol. The van der Waals surface area contributed by atoms with Gasteiger partial charge in [0.05, 0.1) is 16.9 Å². The van der Waals surface area contributed by atoms with Crippen molar-refractivity contribution in [2.45, 2.75) is 5.33 Å². The van der Waals surface area contributed by atoms with E-state index in [1.54, 1.807) is 6.20 Å². The summed E-state index contributed by atoms with van der Waals surface area (Å²) in [6.45, 7) is 0. The molecule has 0 unspecified atom stereocenters. The van der Waals surface area contributed by atoms with Gasteiger partial charge in [-0.2, -0.15) is 0 Å². The maximum absolute atomic E-state index is 5.80. The second-order valence-electron chi connectivity index (χ2n) is 1.84. The molecule has 1 heterocycles. The van der Waals surface area contributed by atoms with Crippen LogP contribution in [0.5, 0.6) is 0 Å². The molecule has 10 heavy (non-hydrogen) atoms. The number of nitrogens with two attached hydrogens (primary N) is 1. The Morgan fingerprint density at radius 3 is 2.80 bits per heavy atom. The minimum absolute atomic E-state index is 0.526. The first-order valence-corrected chi connectivity index (χ1v) is 4.19. The SMILES string of the molecule is Nc1cncc(CBr)c1Cl. The number of anilines is 1. The standard InChI is InChI=1S/C6H6BrClN2/c7-1-4-2-10-3-5(9)6(4)8/h2-3H,1,9H2. The number of aromatic nitrogens is 1. The lowest BCUT2D eigenvalue weighted by molar-refractivity contribution is 1.26. The fourth-order valence-electron chi connectivity index (χ4n) is 0.599. The summed E-state index contributed by atoms with van der Waals surface area (Å²) >= 11 is 9.06. The highest BCUT2D eigenvalue weighted by Crippen LogP contribution is 2.22. The van der Waals surface area contributed by atoms with E-state index in [4.69, 9.17) is 17.3 Å². The van der Waals surface area contributed by atoms with Crippen molar-refractivity contribution < 1.29 is 0 Å². The molecule has 2 N–H and O–H groups in total. The second kappa shape index (κ2) is 3.21. The van der Waals surface area contributed by atoms with Gasteiger partial charge < -0.3 is 5.73 Å². The predicted molar refractivity (Wildman–Crippen MR) is 46.3 cm³/mol. The van der Waals surface area contributed by atoms with Gasteiger partial charge in [0.25, 0.3) is 0 Å². The van der Waals surface area contributed by atoms with Crippen LogP contribution in [0.2, 0.25) is 5.02 Å². The largest absolute Gasteiger partial charge is 0.396 e. The van der Waals surface area contributed by atoms with E-state index in [0.717, 1.165) is 5.56 Å². The molecule has 0 saturated heterocycles. The first kappa shape index (κ1) is 7.82. The van der Waals surface area contributed by atoms with Crippen molar-refractivity contribution in [1.29, 1.82) is 0 Å². The maximum Gasteiger partial charge on any atom is 0.0707 e. The zero-order chi connectivity index (χ0) is 7.56. The summed E-state index contributed by atoms with van der Waals surface area (Å²) < 4.78 is 0. The number of nitrogen functional groups attached to an aromatic ring is 1. The minimum Gasteiger partial charge on any atom is -0.396 e. The third kappa shape index (κ3) is 1.41. The monoisotopic (exact) mass is 220 g/mol. The van der Waals surface area contributed by atoms with Crippen LogP contribution in [0.15, 0.2) is 12.4 Å². The number of pyridine rings is 1. The normalized spacial score (nSPS) is 9.80. The smallest absolute Gasteiger partial charge is 0.0707 e. The third-order valence-electron chi connectivity index (χ3n) is 1.12. The molecule has 4 heteroatoms. The van der Waals surface area contributed by atoms with Crippen LogP contribution in [0.25, 0.3) is 0 Å². The molecule has 0 aliphatic heterocycles. The van der Waals surface area contributed by atoms with Gasteiger partial charge in [-0.25, -0.2) is 0 Å². The molecule has 1 aromatic heterocycles. The zero-order valence-corrected chi connectivity index (χ0v) is 7.48. The van der Waals surface area contributed by atoms with E-state index in [1.807, 2.05) is 0 Å². The molecule has 54 valence electrons. The van der Waals surface area contributed by atoms with Crippen molar-refractivity contribution in [3.05, 3.63) is 23.0 Å². The molecule has 0 aliphatic carbocycles. The number of nitrogens with zero attached hydrogens (tertiary/aromatic N) is 1. The average molecular weight is 221 g/mol. The van der Waals surface area contributed by atoms with Crippen LogP contribution >= 0.6 is 27.5 Å². The van der Waals surface area contributed by atoms with Crippen molar-refractivity contribution in [1.82, 2.24) is 4.98 Å². The summed E-state index contributed by atoms with van der Waals surface area (Å²) in [5, 5.41) is 1.27. The number of rotatable bonds is 1. The number of hydrogen-bond acceptors (Lipinski definition) is 2. The van der Waals surface area contributed by atoms with Crippen LogP contribution in [0.1, 0.15) is 5.56 Å². The summed E-state index contributed by atoms with van der Waals surface area (Å²) in [6.07, 6.45) is 3.22. The van der Waals surface area contributed by atoms with Gasteiger partial charge in [0.15, 0.2) is 0 Å². The highest BCUT2D eigenvalue weighted by Gasteiger charge is 2.00. The molecule has 0 aliphatic rings. The second-order valence-corrected chi connectivity index (χ2v) is 2.77. The summed E-state index contributed by atoms with van der Waals surface area (Å²) in [5.41, 5.74) is 6.93. The molecule has 0 fully saturated rings. The Labute approximate surface area is 72.5 Å². The first-order valence-electron chi connectivity index (χ1n) is 2.69. The van der Waals surface area contributed by atoms with Crippen molar-refractivity contribution >= 4 is 33.2 Å². The van der Waals surface area contributed by atoms with Crippen molar-refractivity contribution in [3.63, 3.8) is 0 Å². The molecule has 1 rings (SSSR count). The Morgan fingerprint density at radius 1 is 1.60 bits per heavy atom. The van der Waals surface area contributed by atoms with Crippen LogP contribution in [-0.4, -0.2) is 4.98 Å². The van der Waals surface area contributed by atoms with Gasteiger partial charge in [0, 0.05) is 17.1 Å². The van der Waals surface area contributed by atoms with Crippen LogP contribution in [0.4, 0.5) is 5.69 Å². The lowest BCUT2D eigenvalue weighted by atomic mass is 10.3. The Bertz CT molecular complexity index is 239. The predicted octanol–water partition coefficient (Wildman–Crippen LogP) is 2.21. The number of alkyl halides is 1. The van der Waals surface area contributed by atoms with Crippen LogP contribution in [-0.2, 0) is 5.33 Å². The summed E-state index contributed by atoms with van der Waals surface area (Å²) in [7, 11) is 0. The highest BCUT2D eigenvalue weighted by molar-refractivity contribution is 9.08. The van der Waals surface area contributed by atoms with E-state index in [0.29, 0.717) is 16.0 Å². The van der Waals surface area contributed by atoms with E-state index >= 15 is 0 Å². The minimum atomic E-state index is 0.526. The topological polar surface area (TPSA) is 38.9 Å². The van der Waals surface area contributed by atoms with E-state index in [-0.39, 0.29) is 0 Å². The molecule has 0 saturated carbocycles. The Balaban J connectivity index is 3.14. The van der Waals surface area contributed by atoms with Crippen LogP contribution < -0.4 is 5.73 Å². The van der Waals surface area contributed by atoms with Crippen LogP contribution in [0, 0.1) is 0 Å². The van der Waals surface area contributed by atoms with Gasteiger partial charge >= 0.3 is 0 Å². The van der Waals surface area contributed by atoms with Gasteiger partial charge in [0.2, 0.25) is 0 Å². The number of halogens is 2. The van der Waals surface area contributed by atoms with Gasteiger partial charge in [-0.1, -0.05) is 27.5 Å². The average Bonchev–Trinajstić information content (AvgIpc) is 1.95. The Kier molecular flexibility index (Phi) is 2.51. The summed E-state index contributed by atoms with van der Waals surface area (Å²) in [6, 6.07) is 0. The molecule has 2 nitrogen and oxygen atoms in total. The summed E-state index contributed by atoms with van der Waals surface area (Å²) in [4.78, 5) is 3.88. The molecule has 0 spiro atoms. The lowest BCUT2D eigenvalue weighted by Gasteiger charge is -2.00. The molecule has 0 bridgehead atoms. The molecule has 1 aromatic rings. The zero-order valence-electron chi connectivity index (χ0n) is 5.14. The third-order valence-corrected chi connectivity index (χ3v) is 2.19. The van der Waals surface area contributed by atoms with Crippen molar-refractivity contribution in [2.75, 3.05) is 5.73 Å². The van der Waals surface area contributed by atoms with Gasteiger partial charge in [-0.3, -0.25) is 4.98 Å². The first-order chi connectivity index (χ1) is 4.75. The molecule has 0 radical (unpaired) electrons. The molecular formula is C6H6BrClN2. The van der Waals surface area contributed by atoms with E-state index in [9.17, 15) is 0 Å². The quantitative estimate of drug-likeness (QED) is 0.739. The molecule has 0 amide bonds. The maximum atomic E-state index is 5.80. The van der Waals surface area contributed by atoms with Gasteiger partial charge in [-0.15, -0.1) is 0 Å². The van der Waals surface area contributed by atoms with Crippen molar-refractivity contribution in [3.8, 4) is 0 Å². The lowest BCUT2D eigenvalue weighted by Crippen LogP contribution is -1.91. The van der Waals surface area contributed by atoms with E-state index in [2.05, 4.69) is 20.9 Å². The van der Waals surface area contributed by atoms with Crippen LogP contribution in [0.3, 0.4) is 0 Å². The van der Waals surface area contributed by atoms with E-state index in [1.165, 1.54) is 6.20 Å². The Morgan fingerprint density at radius 2 is 2.30 bits per heavy atom. The fraction of sp³-hybridized carbons (Fsp3) is 0.167. The van der Waals surface area contributed by atoms with Gasteiger partial charge in [-0.05, 0) is 0 Å². The van der Waals surface area contributed by atoms with Gasteiger partial charge in [0.1, 0.15) is 0 Å². The summed E-state index contributed by atoms with van der Waals surface area (Å²) in [5.74, 6) is 0.